The number of halogens is 1. The number of nitrogens with zero attached hydrogens (tertiary/aromatic N) is 4. The van der Waals surface area contributed by atoms with E-state index in [4.69, 9.17) is 10.3 Å². The zero-order chi connectivity index (χ0) is 18.8. The van der Waals surface area contributed by atoms with Gasteiger partial charge in [-0.1, -0.05) is 9.51 Å². The van der Waals surface area contributed by atoms with Crippen molar-refractivity contribution in [2.75, 3.05) is 13.2 Å². The summed E-state index contributed by atoms with van der Waals surface area (Å²) < 4.78 is 35.8. The Bertz CT molecular complexity index is 744. The molecule has 1 heterocycles. The van der Waals surface area contributed by atoms with E-state index in [2.05, 4.69) is 14.4 Å². The van der Waals surface area contributed by atoms with Gasteiger partial charge in [-0.2, -0.15) is 0 Å². The van der Waals surface area contributed by atoms with Crippen molar-refractivity contribution in [1.29, 1.82) is 0 Å². The van der Waals surface area contributed by atoms with Crippen LogP contribution in [0.15, 0.2) is 21.6 Å². The average Bonchev–Trinajstić information content (AvgIpc) is 2.90. The predicted molar refractivity (Wildman–Crippen MR) is 94.7 cm³/mol. The highest BCUT2D eigenvalue weighted by atomic mass is 32.2. The molecule has 25 heavy (non-hydrogen) atoms. The molecule has 0 aliphatic carbocycles. The summed E-state index contributed by atoms with van der Waals surface area (Å²) in [7, 11) is 0. The number of aliphatic hydroxyl groups excluding tert-OH is 1. The van der Waals surface area contributed by atoms with Crippen molar-refractivity contribution in [1.82, 2.24) is 0 Å². The number of aliphatic hydroxyl groups is 1. The standard InChI is InChI=1S/C16H21FN4O3S/c1-10(20-25(23)15(2,3)4)13-6-12(17)5-11-7-16(9-22,8-19-21-18)24-14(11)13/h5-6,22H,7-9H2,1-4H3/b20-10+/t16?,25-/m1/s1. The molecule has 136 valence electrons. The molecule has 1 aromatic carbocycles. The average molecular weight is 368 g/mol. The maximum atomic E-state index is 14.0. The zero-order valence-corrected chi connectivity index (χ0v) is 15.4. The molecule has 1 unspecified atom stereocenters. The van der Waals surface area contributed by atoms with Crippen molar-refractivity contribution in [3.63, 3.8) is 0 Å². The van der Waals surface area contributed by atoms with Crippen LogP contribution < -0.4 is 4.74 Å². The minimum absolute atomic E-state index is 0.0835. The van der Waals surface area contributed by atoms with Crippen molar-refractivity contribution in [3.05, 3.63) is 39.5 Å². The zero-order valence-electron chi connectivity index (χ0n) is 14.6. The van der Waals surface area contributed by atoms with Gasteiger partial charge < -0.3 is 14.4 Å². The third-order valence-electron chi connectivity index (χ3n) is 3.81. The van der Waals surface area contributed by atoms with E-state index in [1.54, 1.807) is 27.7 Å². The van der Waals surface area contributed by atoms with Gasteiger partial charge in [0, 0.05) is 22.5 Å². The molecule has 0 saturated heterocycles. The summed E-state index contributed by atoms with van der Waals surface area (Å²) in [6.45, 7) is 6.55. The molecule has 0 saturated carbocycles. The van der Waals surface area contributed by atoms with Crippen LogP contribution in [0.4, 0.5) is 4.39 Å². The molecule has 2 rings (SSSR count). The molecule has 0 bridgehead atoms. The number of fused-ring (bicyclic) bond motifs is 1. The molecule has 9 heteroatoms. The lowest BCUT2D eigenvalue weighted by molar-refractivity contribution is 0.0358. The van der Waals surface area contributed by atoms with Crippen molar-refractivity contribution >= 4 is 17.1 Å². The Balaban J connectivity index is 2.45. The van der Waals surface area contributed by atoms with Gasteiger partial charge in [0.15, 0.2) is 0 Å². The molecular formula is C16H21FN4O3S. The second kappa shape index (κ2) is 7.21. The van der Waals surface area contributed by atoms with Crippen LogP contribution in [0.25, 0.3) is 10.4 Å². The Morgan fingerprint density at radius 3 is 2.76 bits per heavy atom. The summed E-state index contributed by atoms with van der Waals surface area (Å²) in [4.78, 5) is 2.69. The highest BCUT2D eigenvalue weighted by Gasteiger charge is 2.40. The fourth-order valence-corrected chi connectivity index (χ4v) is 3.09. The molecule has 0 radical (unpaired) electrons. The topological polar surface area (TPSA) is 114 Å². The minimum Gasteiger partial charge on any atom is -0.591 e. The van der Waals surface area contributed by atoms with E-state index in [1.807, 2.05) is 0 Å². The monoisotopic (exact) mass is 368 g/mol. The Labute approximate surface area is 148 Å². The van der Waals surface area contributed by atoms with Gasteiger partial charge in [0.1, 0.15) is 33.3 Å². The van der Waals surface area contributed by atoms with Gasteiger partial charge in [-0.3, -0.25) is 0 Å². The van der Waals surface area contributed by atoms with Gasteiger partial charge in [-0.15, -0.1) is 0 Å². The molecule has 1 aliphatic heterocycles. The van der Waals surface area contributed by atoms with Gasteiger partial charge in [0.2, 0.25) is 0 Å². The van der Waals surface area contributed by atoms with E-state index in [0.717, 1.165) is 0 Å². The Morgan fingerprint density at radius 2 is 2.20 bits per heavy atom. The van der Waals surface area contributed by atoms with Gasteiger partial charge in [-0.05, 0) is 45.4 Å². The SMILES string of the molecule is C/C(=N\[S@+]([O-])C(C)(C)C)c1cc(F)cc2c1OC(CO)(CN=[N+]=[N-])C2. The lowest BCUT2D eigenvalue weighted by Gasteiger charge is -2.24. The minimum atomic E-state index is -1.50. The first-order chi connectivity index (χ1) is 11.6. The van der Waals surface area contributed by atoms with Crippen LogP contribution in [0, 0.1) is 5.82 Å². The summed E-state index contributed by atoms with van der Waals surface area (Å²) >= 11 is -1.50. The van der Waals surface area contributed by atoms with E-state index in [9.17, 15) is 14.0 Å². The fourth-order valence-electron chi connectivity index (χ4n) is 2.47. The molecule has 0 spiro atoms. The molecule has 0 aromatic heterocycles. The van der Waals surface area contributed by atoms with E-state index < -0.39 is 27.5 Å². The summed E-state index contributed by atoms with van der Waals surface area (Å²) in [5.74, 6) is -0.110. The summed E-state index contributed by atoms with van der Waals surface area (Å²) in [6.07, 6.45) is 0.207. The third-order valence-corrected chi connectivity index (χ3v) is 5.29. The van der Waals surface area contributed by atoms with Crippen molar-refractivity contribution in [2.45, 2.75) is 44.5 Å². The van der Waals surface area contributed by atoms with Crippen LogP contribution in [0.2, 0.25) is 0 Å². The highest BCUT2D eigenvalue weighted by Crippen LogP contribution is 2.39. The van der Waals surface area contributed by atoms with Crippen LogP contribution in [0.5, 0.6) is 5.75 Å². The van der Waals surface area contributed by atoms with Gasteiger partial charge in [-0.25, -0.2) is 4.39 Å². The third kappa shape index (κ3) is 4.24. The molecular weight excluding hydrogens is 347 g/mol. The second-order valence-electron chi connectivity index (χ2n) is 6.99. The molecule has 7 nitrogen and oxygen atoms in total. The number of hydrogen-bond donors (Lipinski definition) is 1. The lowest BCUT2D eigenvalue weighted by Crippen LogP contribution is -2.41. The first kappa shape index (κ1) is 19.5. The van der Waals surface area contributed by atoms with Crippen molar-refractivity contribution in [2.24, 2.45) is 9.51 Å². The summed E-state index contributed by atoms with van der Waals surface area (Å²) in [5, 5.41) is 13.2. The maximum Gasteiger partial charge on any atom is 0.144 e. The first-order valence-corrected chi connectivity index (χ1v) is 8.83. The Kier molecular flexibility index (Phi) is 5.63. The molecule has 1 N–H and O–H groups in total. The highest BCUT2D eigenvalue weighted by molar-refractivity contribution is 7.91. The van der Waals surface area contributed by atoms with Crippen molar-refractivity contribution < 1.29 is 18.8 Å². The summed E-state index contributed by atoms with van der Waals surface area (Å²) in [5.41, 5.74) is 8.70. The normalized spacial score (nSPS) is 21.3. The number of azide groups is 1. The number of ether oxygens (including phenoxy) is 1. The summed E-state index contributed by atoms with van der Waals surface area (Å²) in [6, 6.07) is 2.58. The molecule has 1 aliphatic rings. The molecule has 0 amide bonds. The van der Waals surface area contributed by atoms with Crippen molar-refractivity contribution in [3.8, 4) is 5.75 Å². The van der Waals surface area contributed by atoms with Crippen LogP contribution in [-0.2, 0) is 17.8 Å². The second-order valence-corrected chi connectivity index (χ2v) is 8.89. The maximum absolute atomic E-state index is 14.0. The quantitative estimate of drug-likeness (QED) is 0.283. The Hall–Kier alpha value is -1.80. The Morgan fingerprint density at radius 1 is 1.52 bits per heavy atom. The van der Waals surface area contributed by atoms with Gasteiger partial charge >= 0.3 is 0 Å². The van der Waals surface area contributed by atoms with Gasteiger partial charge in [0.25, 0.3) is 0 Å². The first-order valence-electron chi connectivity index (χ1n) is 7.73. The molecule has 1 aromatic rings. The molecule has 0 fully saturated rings. The number of rotatable bonds is 5. The van der Waals surface area contributed by atoms with Crippen LogP contribution in [0.1, 0.15) is 38.8 Å². The molecule has 2 atom stereocenters. The van der Waals surface area contributed by atoms with E-state index in [0.29, 0.717) is 22.6 Å². The lowest BCUT2D eigenvalue weighted by atomic mass is 9.97. The van der Waals surface area contributed by atoms with Crippen LogP contribution >= 0.6 is 0 Å². The fraction of sp³-hybridized carbons (Fsp3) is 0.562. The van der Waals surface area contributed by atoms with Crippen LogP contribution in [-0.4, -0.2) is 38.9 Å². The smallest absolute Gasteiger partial charge is 0.144 e. The predicted octanol–water partition coefficient (Wildman–Crippen LogP) is 3.07. The van der Waals surface area contributed by atoms with Gasteiger partial charge in [0.05, 0.1) is 18.9 Å². The van der Waals surface area contributed by atoms with E-state index in [-0.39, 0.29) is 19.6 Å². The number of benzene rings is 1. The largest absolute Gasteiger partial charge is 0.591 e. The van der Waals surface area contributed by atoms with E-state index in [1.165, 1.54) is 12.1 Å². The van der Waals surface area contributed by atoms with E-state index >= 15 is 0 Å². The van der Waals surface area contributed by atoms with Crippen LogP contribution in [0.3, 0.4) is 0 Å². The number of hydrogen-bond acceptors (Lipinski definition) is 5.